The van der Waals surface area contributed by atoms with Gasteiger partial charge in [0.05, 0.1) is 0 Å². The van der Waals surface area contributed by atoms with E-state index in [-0.39, 0.29) is 12.4 Å². The molecule has 1 aromatic heterocycles. The molecule has 0 amide bonds. The first kappa shape index (κ1) is 13.2. The Morgan fingerprint density at radius 1 is 1.50 bits per heavy atom. The van der Waals surface area contributed by atoms with Crippen LogP contribution in [0, 0.1) is 5.82 Å². The first-order chi connectivity index (χ1) is 8.67. The summed E-state index contributed by atoms with van der Waals surface area (Å²) in [5.74, 6) is 0.184. The largest absolute Gasteiger partial charge is 0.351 e. The zero-order valence-electron chi connectivity index (χ0n) is 11.1. The molecule has 0 radical (unpaired) electrons. The van der Waals surface area contributed by atoms with Gasteiger partial charge in [0.25, 0.3) is 0 Å². The van der Waals surface area contributed by atoms with Gasteiger partial charge in [0.2, 0.25) is 0 Å². The van der Waals surface area contributed by atoms with Crippen molar-refractivity contribution in [3.63, 3.8) is 0 Å². The van der Waals surface area contributed by atoms with Crippen molar-refractivity contribution in [1.82, 2.24) is 9.88 Å². The van der Waals surface area contributed by atoms with Crippen molar-refractivity contribution in [2.75, 3.05) is 31.6 Å². The molecule has 5 heteroatoms. The third-order valence-electron chi connectivity index (χ3n) is 3.72. The van der Waals surface area contributed by atoms with Gasteiger partial charge < -0.3 is 10.6 Å². The van der Waals surface area contributed by atoms with Crippen LogP contribution in [0.1, 0.15) is 18.9 Å². The van der Waals surface area contributed by atoms with E-state index in [1.54, 1.807) is 12.3 Å². The van der Waals surface area contributed by atoms with Crippen molar-refractivity contribution >= 4 is 5.82 Å². The van der Waals surface area contributed by atoms with Crippen molar-refractivity contribution in [2.24, 2.45) is 5.73 Å². The third kappa shape index (κ3) is 2.47. The smallest absolute Gasteiger partial charge is 0.170 e. The topological polar surface area (TPSA) is 45.4 Å². The SMILES string of the molecule is CCC1CN(c2nccc(CN)c2F)CCN1C. The maximum atomic E-state index is 14.2. The van der Waals surface area contributed by atoms with Crippen LogP contribution < -0.4 is 10.6 Å². The molecule has 1 atom stereocenters. The van der Waals surface area contributed by atoms with Crippen LogP contribution in [0.4, 0.5) is 10.2 Å². The normalized spacial score (nSPS) is 21.3. The Bertz CT molecular complexity index is 410. The summed E-state index contributed by atoms with van der Waals surface area (Å²) >= 11 is 0. The number of hydrogen-bond donors (Lipinski definition) is 1. The van der Waals surface area contributed by atoms with Crippen molar-refractivity contribution in [3.05, 3.63) is 23.6 Å². The first-order valence-electron chi connectivity index (χ1n) is 6.46. The Morgan fingerprint density at radius 2 is 2.28 bits per heavy atom. The van der Waals surface area contributed by atoms with Gasteiger partial charge >= 0.3 is 0 Å². The number of nitrogens with two attached hydrogens (primary N) is 1. The summed E-state index contributed by atoms with van der Waals surface area (Å²) in [5, 5.41) is 0. The summed E-state index contributed by atoms with van der Waals surface area (Å²) in [7, 11) is 2.12. The highest BCUT2D eigenvalue weighted by atomic mass is 19.1. The fourth-order valence-electron chi connectivity index (χ4n) is 2.43. The Hall–Kier alpha value is -1.20. The van der Waals surface area contributed by atoms with Gasteiger partial charge in [0, 0.05) is 44.0 Å². The van der Waals surface area contributed by atoms with Gasteiger partial charge in [-0.05, 0) is 19.5 Å². The maximum Gasteiger partial charge on any atom is 0.170 e. The number of nitrogens with zero attached hydrogens (tertiary/aromatic N) is 3. The average Bonchev–Trinajstić information content (AvgIpc) is 2.40. The Balaban J connectivity index is 2.21. The molecule has 0 aliphatic carbocycles. The zero-order valence-corrected chi connectivity index (χ0v) is 11.1. The standard InChI is InChI=1S/C13H21FN4/c1-3-11-9-18(7-6-17(11)2)13-12(14)10(8-15)4-5-16-13/h4-5,11H,3,6-9,15H2,1-2H3. The molecule has 1 fully saturated rings. The molecule has 1 unspecified atom stereocenters. The van der Waals surface area contributed by atoms with E-state index in [1.807, 2.05) is 4.90 Å². The molecule has 2 heterocycles. The molecule has 1 aliphatic rings. The number of aromatic nitrogens is 1. The quantitative estimate of drug-likeness (QED) is 0.878. The van der Waals surface area contributed by atoms with Gasteiger partial charge in [0.1, 0.15) is 0 Å². The lowest BCUT2D eigenvalue weighted by Gasteiger charge is -2.39. The molecule has 0 bridgehead atoms. The molecular formula is C13H21FN4. The lowest BCUT2D eigenvalue weighted by Crippen LogP contribution is -2.51. The molecule has 100 valence electrons. The summed E-state index contributed by atoms with van der Waals surface area (Å²) in [6.07, 6.45) is 2.70. The average molecular weight is 252 g/mol. The highest BCUT2D eigenvalue weighted by Gasteiger charge is 2.25. The molecule has 2 N–H and O–H groups in total. The minimum absolute atomic E-state index is 0.215. The fourth-order valence-corrected chi connectivity index (χ4v) is 2.43. The van der Waals surface area contributed by atoms with E-state index in [0.29, 0.717) is 17.4 Å². The second kappa shape index (κ2) is 5.63. The highest BCUT2D eigenvalue weighted by molar-refractivity contribution is 5.43. The van der Waals surface area contributed by atoms with E-state index in [4.69, 9.17) is 5.73 Å². The molecule has 18 heavy (non-hydrogen) atoms. The van der Waals surface area contributed by atoms with Crippen LogP contribution in [0.15, 0.2) is 12.3 Å². The van der Waals surface area contributed by atoms with Crippen molar-refractivity contribution in [1.29, 1.82) is 0 Å². The van der Waals surface area contributed by atoms with Gasteiger partial charge in [-0.25, -0.2) is 9.37 Å². The molecule has 1 saturated heterocycles. The summed E-state index contributed by atoms with van der Waals surface area (Å²) in [6, 6.07) is 2.10. The van der Waals surface area contributed by atoms with Gasteiger partial charge in [-0.2, -0.15) is 0 Å². The van der Waals surface area contributed by atoms with E-state index in [0.717, 1.165) is 26.1 Å². The predicted octanol–water partition coefficient (Wildman–Crippen LogP) is 1.21. The van der Waals surface area contributed by atoms with Gasteiger partial charge in [-0.1, -0.05) is 6.92 Å². The van der Waals surface area contributed by atoms with E-state index in [1.165, 1.54) is 0 Å². The fraction of sp³-hybridized carbons (Fsp3) is 0.615. The van der Waals surface area contributed by atoms with Crippen molar-refractivity contribution in [3.8, 4) is 0 Å². The summed E-state index contributed by atoms with van der Waals surface area (Å²) < 4.78 is 14.2. The number of hydrogen-bond acceptors (Lipinski definition) is 4. The molecule has 2 rings (SSSR count). The van der Waals surface area contributed by atoms with Crippen LogP contribution in [0.3, 0.4) is 0 Å². The first-order valence-corrected chi connectivity index (χ1v) is 6.46. The number of pyridine rings is 1. The summed E-state index contributed by atoms with van der Waals surface area (Å²) in [5.41, 5.74) is 6.06. The number of likely N-dealkylation sites (N-methyl/N-ethyl adjacent to an activating group) is 1. The van der Waals surface area contributed by atoms with E-state index in [9.17, 15) is 4.39 Å². The van der Waals surface area contributed by atoms with Crippen LogP contribution in [-0.4, -0.2) is 42.6 Å². The minimum atomic E-state index is -0.264. The Labute approximate surface area is 108 Å². The van der Waals surface area contributed by atoms with Crippen LogP contribution in [-0.2, 0) is 6.54 Å². The zero-order chi connectivity index (χ0) is 13.1. The number of rotatable bonds is 3. The summed E-state index contributed by atoms with van der Waals surface area (Å²) in [6.45, 7) is 4.94. The molecule has 1 aliphatic heterocycles. The molecule has 0 saturated carbocycles. The van der Waals surface area contributed by atoms with Crippen molar-refractivity contribution in [2.45, 2.75) is 25.9 Å². The second-order valence-electron chi connectivity index (χ2n) is 4.80. The van der Waals surface area contributed by atoms with Crippen LogP contribution in [0.25, 0.3) is 0 Å². The molecule has 1 aromatic rings. The van der Waals surface area contributed by atoms with E-state index in [2.05, 4.69) is 23.9 Å². The molecule has 0 spiro atoms. The van der Waals surface area contributed by atoms with Gasteiger partial charge in [-0.3, -0.25) is 4.90 Å². The van der Waals surface area contributed by atoms with Crippen LogP contribution in [0.5, 0.6) is 0 Å². The Kier molecular flexibility index (Phi) is 4.14. The second-order valence-corrected chi connectivity index (χ2v) is 4.80. The third-order valence-corrected chi connectivity index (χ3v) is 3.72. The van der Waals surface area contributed by atoms with E-state index < -0.39 is 0 Å². The van der Waals surface area contributed by atoms with Crippen molar-refractivity contribution < 1.29 is 4.39 Å². The molecular weight excluding hydrogens is 231 g/mol. The molecule has 0 aromatic carbocycles. The lowest BCUT2D eigenvalue weighted by atomic mass is 10.1. The number of halogens is 1. The van der Waals surface area contributed by atoms with Crippen LogP contribution in [0.2, 0.25) is 0 Å². The number of anilines is 1. The summed E-state index contributed by atoms with van der Waals surface area (Å²) in [4.78, 5) is 8.53. The lowest BCUT2D eigenvalue weighted by molar-refractivity contribution is 0.212. The monoisotopic (exact) mass is 252 g/mol. The molecule has 4 nitrogen and oxygen atoms in total. The Morgan fingerprint density at radius 3 is 2.94 bits per heavy atom. The number of piperazine rings is 1. The van der Waals surface area contributed by atoms with Gasteiger partial charge in [0.15, 0.2) is 11.6 Å². The van der Waals surface area contributed by atoms with E-state index >= 15 is 0 Å². The van der Waals surface area contributed by atoms with Gasteiger partial charge in [-0.15, -0.1) is 0 Å². The highest BCUT2D eigenvalue weighted by Crippen LogP contribution is 2.22. The minimum Gasteiger partial charge on any atom is -0.351 e. The van der Waals surface area contributed by atoms with Crippen LogP contribution >= 0.6 is 0 Å². The predicted molar refractivity (Wildman–Crippen MR) is 71.0 cm³/mol. The maximum absolute atomic E-state index is 14.2.